The SMILES string of the molecule is Cc1cc2cc(-c3cn[nH]c3C(F)(F)F)ccc2n1CC1CCN(C(=O)CCc2ccccc2)CC1. The Kier molecular flexibility index (Phi) is 6.60. The number of aryl methyl sites for hydroxylation is 2. The summed E-state index contributed by atoms with van der Waals surface area (Å²) in [5.41, 5.74) is 2.98. The summed E-state index contributed by atoms with van der Waals surface area (Å²) in [6.45, 7) is 4.39. The molecule has 0 saturated carbocycles. The van der Waals surface area contributed by atoms with E-state index in [0.717, 1.165) is 55.5 Å². The average Bonchev–Trinajstić information content (AvgIpc) is 3.48. The zero-order valence-electron chi connectivity index (χ0n) is 20.2. The van der Waals surface area contributed by atoms with E-state index in [9.17, 15) is 18.0 Å². The fourth-order valence-corrected chi connectivity index (χ4v) is 5.22. The number of carbonyl (C=O) groups excluding carboxylic acids is 1. The average molecular weight is 495 g/mol. The Bertz CT molecular complexity index is 1350. The van der Waals surface area contributed by atoms with Crippen LogP contribution in [0.15, 0.2) is 60.8 Å². The third kappa shape index (κ3) is 5.03. The second kappa shape index (κ2) is 9.84. The lowest BCUT2D eigenvalue weighted by molar-refractivity contribution is -0.140. The number of H-pyrrole nitrogens is 1. The molecule has 5 nitrogen and oxygen atoms in total. The maximum absolute atomic E-state index is 13.3. The van der Waals surface area contributed by atoms with E-state index in [1.54, 1.807) is 12.1 Å². The van der Waals surface area contributed by atoms with Gasteiger partial charge in [0.05, 0.1) is 6.20 Å². The van der Waals surface area contributed by atoms with Crippen molar-refractivity contribution in [2.24, 2.45) is 5.92 Å². The number of rotatable bonds is 6. The van der Waals surface area contributed by atoms with Crippen molar-refractivity contribution in [1.82, 2.24) is 19.7 Å². The molecule has 8 heteroatoms. The molecule has 1 fully saturated rings. The predicted octanol–water partition coefficient (Wildman–Crippen LogP) is 6.23. The molecule has 0 radical (unpaired) electrons. The van der Waals surface area contributed by atoms with Crippen LogP contribution < -0.4 is 0 Å². The zero-order valence-corrected chi connectivity index (χ0v) is 20.2. The summed E-state index contributed by atoms with van der Waals surface area (Å²) in [6.07, 6.45) is -0.0792. The van der Waals surface area contributed by atoms with Crippen LogP contribution >= 0.6 is 0 Å². The molecule has 188 valence electrons. The summed E-state index contributed by atoms with van der Waals surface area (Å²) in [4.78, 5) is 14.7. The van der Waals surface area contributed by atoms with Gasteiger partial charge < -0.3 is 9.47 Å². The first-order valence-corrected chi connectivity index (χ1v) is 12.3. The minimum absolute atomic E-state index is 0.0547. The van der Waals surface area contributed by atoms with Crippen LogP contribution in [0.1, 0.15) is 36.2 Å². The van der Waals surface area contributed by atoms with Crippen LogP contribution in [0.2, 0.25) is 0 Å². The highest BCUT2D eigenvalue weighted by Gasteiger charge is 2.36. The van der Waals surface area contributed by atoms with Crippen molar-refractivity contribution in [3.63, 3.8) is 0 Å². The molecule has 4 aromatic rings. The third-order valence-electron chi connectivity index (χ3n) is 7.22. The molecule has 0 spiro atoms. The molecule has 1 amide bonds. The molecule has 1 aliphatic heterocycles. The predicted molar refractivity (Wildman–Crippen MR) is 133 cm³/mol. The van der Waals surface area contributed by atoms with Gasteiger partial charge in [-0.1, -0.05) is 36.4 Å². The quantitative estimate of drug-likeness (QED) is 0.346. The Hall–Kier alpha value is -3.55. The van der Waals surface area contributed by atoms with Gasteiger partial charge in [-0.15, -0.1) is 0 Å². The number of carbonyl (C=O) groups is 1. The Morgan fingerprint density at radius 3 is 2.56 bits per heavy atom. The maximum Gasteiger partial charge on any atom is 0.433 e. The number of hydrogen-bond donors (Lipinski definition) is 1. The summed E-state index contributed by atoms with van der Waals surface area (Å²) in [6, 6.07) is 17.5. The lowest BCUT2D eigenvalue weighted by Gasteiger charge is -2.32. The van der Waals surface area contributed by atoms with Gasteiger partial charge in [0.25, 0.3) is 0 Å². The largest absolute Gasteiger partial charge is 0.433 e. The highest BCUT2D eigenvalue weighted by atomic mass is 19.4. The second-order valence-corrected chi connectivity index (χ2v) is 9.64. The molecule has 1 saturated heterocycles. The molecular weight excluding hydrogens is 465 g/mol. The Morgan fingerprint density at radius 1 is 1.08 bits per heavy atom. The molecule has 0 aliphatic carbocycles. The van der Waals surface area contributed by atoms with Gasteiger partial charge in [0, 0.05) is 48.2 Å². The van der Waals surface area contributed by atoms with Gasteiger partial charge in [-0.05, 0) is 61.4 Å². The van der Waals surface area contributed by atoms with E-state index in [2.05, 4.69) is 26.9 Å². The lowest BCUT2D eigenvalue weighted by atomic mass is 9.96. The minimum Gasteiger partial charge on any atom is -0.345 e. The molecule has 0 atom stereocenters. The molecule has 1 aliphatic rings. The first-order chi connectivity index (χ1) is 17.3. The third-order valence-corrected chi connectivity index (χ3v) is 7.22. The number of nitrogens with one attached hydrogen (secondary N) is 1. The maximum atomic E-state index is 13.3. The molecule has 3 heterocycles. The van der Waals surface area contributed by atoms with Crippen LogP contribution in [0.4, 0.5) is 13.2 Å². The summed E-state index contributed by atoms with van der Waals surface area (Å²) in [5, 5.41) is 6.60. The van der Waals surface area contributed by atoms with Crippen molar-refractivity contribution in [3.8, 4) is 11.1 Å². The number of alkyl halides is 3. The number of amides is 1. The fraction of sp³-hybridized carbons (Fsp3) is 0.357. The Labute approximate surface area is 207 Å². The van der Waals surface area contributed by atoms with Crippen molar-refractivity contribution in [1.29, 1.82) is 0 Å². The van der Waals surface area contributed by atoms with Gasteiger partial charge in [0.1, 0.15) is 5.69 Å². The standard InChI is InChI=1S/C28H29F3N4O/c1-19-15-23-16-22(24-17-32-33-27(24)28(29,30)31)8-9-25(23)35(19)18-21-11-13-34(14-12-21)26(36)10-7-20-5-3-2-4-6-20/h2-6,8-9,15-17,21H,7,10-14,18H2,1H3,(H,32,33). The molecule has 2 aromatic heterocycles. The Balaban J connectivity index is 1.23. The van der Waals surface area contributed by atoms with E-state index in [0.29, 0.717) is 17.9 Å². The first-order valence-electron chi connectivity index (χ1n) is 12.3. The van der Waals surface area contributed by atoms with E-state index < -0.39 is 11.9 Å². The first kappa shape index (κ1) is 24.2. The molecule has 1 N–H and O–H groups in total. The van der Waals surface area contributed by atoms with Gasteiger partial charge >= 0.3 is 6.18 Å². The van der Waals surface area contributed by atoms with Crippen LogP contribution in [-0.4, -0.2) is 38.7 Å². The van der Waals surface area contributed by atoms with E-state index in [1.165, 1.54) is 11.8 Å². The summed E-state index contributed by atoms with van der Waals surface area (Å²) in [5.74, 6) is 0.660. The molecular formula is C28H29F3N4O. The minimum atomic E-state index is -4.49. The lowest BCUT2D eigenvalue weighted by Crippen LogP contribution is -2.39. The number of hydrogen-bond acceptors (Lipinski definition) is 2. The monoisotopic (exact) mass is 494 g/mol. The van der Waals surface area contributed by atoms with E-state index in [1.807, 2.05) is 42.2 Å². The normalized spacial score (nSPS) is 15.1. The van der Waals surface area contributed by atoms with Crippen molar-refractivity contribution in [2.75, 3.05) is 13.1 Å². The van der Waals surface area contributed by atoms with Crippen molar-refractivity contribution in [2.45, 2.75) is 45.3 Å². The highest BCUT2D eigenvalue weighted by Crippen LogP contribution is 2.37. The molecule has 5 rings (SSSR count). The number of aromatic nitrogens is 3. The van der Waals surface area contributed by atoms with E-state index >= 15 is 0 Å². The van der Waals surface area contributed by atoms with Crippen molar-refractivity contribution in [3.05, 3.63) is 77.7 Å². The van der Waals surface area contributed by atoms with Crippen LogP contribution in [0, 0.1) is 12.8 Å². The van der Waals surface area contributed by atoms with Crippen LogP contribution in [-0.2, 0) is 23.9 Å². The molecule has 2 aromatic carbocycles. The number of aromatic amines is 1. The second-order valence-electron chi connectivity index (χ2n) is 9.64. The number of fused-ring (bicyclic) bond motifs is 1. The fourth-order valence-electron chi connectivity index (χ4n) is 5.22. The van der Waals surface area contributed by atoms with Gasteiger partial charge in [-0.2, -0.15) is 18.3 Å². The molecule has 36 heavy (non-hydrogen) atoms. The smallest absolute Gasteiger partial charge is 0.345 e. The zero-order chi connectivity index (χ0) is 25.3. The van der Waals surface area contributed by atoms with Gasteiger partial charge in [-0.25, -0.2) is 0 Å². The van der Waals surface area contributed by atoms with Crippen LogP contribution in [0.5, 0.6) is 0 Å². The number of nitrogens with zero attached hydrogens (tertiary/aromatic N) is 3. The van der Waals surface area contributed by atoms with Crippen LogP contribution in [0.25, 0.3) is 22.0 Å². The van der Waals surface area contributed by atoms with E-state index in [4.69, 9.17) is 0 Å². The highest BCUT2D eigenvalue weighted by molar-refractivity contribution is 5.87. The van der Waals surface area contributed by atoms with Gasteiger partial charge in [0.15, 0.2) is 0 Å². The summed E-state index contributed by atoms with van der Waals surface area (Å²) < 4.78 is 42.2. The van der Waals surface area contributed by atoms with Gasteiger partial charge in [-0.3, -0.25) is 9.89 Å². The number of piperidine rings is 1. The molecule has 0 bridgehead atoms. The number of halogens is 3. The number of likely N-dealkylation sites (tertiary alicyclic amines) is 1. The summed E-state index contributed by atoms with van der Waals surface area (Å²) >= 11 is 0. The summed E-state index contributed by atoms with van der Waals surface area (Å²) in [7, 11) is 0. The van der Waals surface area contributed by atoms with E-state index in [-0.39, 0.29) is 11.5 Å². The Morgan fingerprint density at radius 2 is 1.83 bits per heavy atom. The van der Waals surface area contributed by atoms with Gasteiger partial charge in [0.2, 0.25) is 5.91 Å². The van der Waals surface area contributed by atoms with Crippen LogP contribution in [0.3, 0.4) is 0 Å². The molecule has 0 unspecified atom stereocenters. The number of benzene rings is 2. The van der Waals surface area contributed by atoms with Crippen molar-refractivity contribution >= 4 is 16.8 Å². The topological polar surface area (TPSA) is 53.9 Å². The van der Waals surface area contributed by atoms with Crippen molar-refractivity contribution < 1.29 is 18.0 Å².